The van der Waals surface area contributed by atoms with E-state index < -0.39 is 26.6 Å². The summed E-state index contributed by atoms with van der Waals surface area (Å²) in [6.07, 6.45) is 62.1. The highest BCUT2D eigenvalue weighted by Gasteiger charge is 2.27. The van der Waals surface area contributed by atoms with E-state index in [9.17, 15) is 19.0 Å². The molecule has 0 spiro atoms. The first-order valence-electron chi connectivity index (χ1n) is 29.9. The number of carbonyl (C=O) groups is 2. The summed E-state index contributed by atoms with van der Waals surface area (Å²) in [4.78, 5) is 39.9. The molecule has 71 heavy (non-hydrogen) atoms. The number of carbonyl (C=O) groups excluding carboxylic acids is 2. The van der Waals surface area contributed by atoms with Gasteiger partial charge >= 0.3 is 5.97 Å². The second kappa shape index (κ2) is 51.5. The van der Waals surface area contributed by atoms with Crippen molar-refractivity contribution in [1.82, 2.24) is 5.32 Å². The Bertz CT molecular complexity index is 1360. The van der Waals surface area contributed by atoms with E-state index in [4.69, 9.17) is 13.8 Å². The lowest BCUT2D eigenvalue weighted by atomic mass is 10.1. The summed E-state index contributed by atoms with van der Waals surface area (Å²) in [5.74, 6) is -0.550. The number of nitrogens with one attached hydrogen (secondary N) is 1. The van der Waals surface area contributed by atoms with Gasteiger partial charge in [0.25, 0.3) is 7.82 Å². The van der Waals surface area contributed by atoms with Gasteiger partial charge in [0.1, 0.15) is 19.3 Å². The summed E-state index contributed by atoms with van der Waals surface area (Å²) in [6, 6.07) is -0.892. The number of unbranched alkanes of at least 4 members (excludes halogenated alkanes) is 32. The van der Waals surface area contributed by atoms with Crippen LogP contribution < -0.4 is 10.2 Å². The van der Waals surface area contributed by atoms with E-state index in [-0.39, 0.29) is 24.9 Å². The SMILES string of the molecule is CCCCC/C=C\C/C=C\CCCCCCCCCC(=O)OC(/C=C/CCCCCCCCCCC)C(COP(=O)([O-])OCC[N+](C)(C)C)NC(=O)CCCCCCCCC/C=C/CCCCCCCC. The number of phosphoric acid groups is 1. The molecule has 0 aromatic carbocycles. The molecule has 0 saturated carbocycles. The van der Waals surface area contributed by atoms with Gasteiger partial charge in [-0.1, -0.05) is 224 Å². The zero-order valence-corrected chi connectivity index (χ0v) is 48.3. The summed E-state index contributed by atoms with van der Waals surface area (Å²) in [5, 5.41) is 3.02. The topological polar surface area (TPSA) is 114 Å². The molecule has 0 bridgehead atoms. The number of amides is 1. The third-order valence-corrected chi connectivity index (χ3v) is 14.2. The predicted molar refractivity (Wildman–Crippen MR) is 302 cm³/mol. The highest BCUT2D eigenvalue weighted by atomic mass is 31.2. The average Bonchev–Trinajstić information content (AvgIpc) is 3.33. The van der Waals surface area contributed by atoms with Crippen LogP contribution in [0.25, 0.3) is 0 Å². The third kappa shape index (κ3) is 52.6. The maximum absolute atomic E-state index is 13.5. The molecule has 0 fully saturated rings. The highest BCUT2D eigenvalue weighted by molar-refractivity contribution is 7.45. The van der Waals surface area contributed by atoms with Crippen LogP contribution in [0.1, 0.15) is 278 Å². The van der Waals surface area contributed by atoms with Crippen LogP contribution in [0.15, 0.2) is 48.6 Å². The largest absolute Gasteiger partial charge is 0.756 e. The second-order valence-corrected chi connectivity index (χ2v) is 22.9. The summed E-state index contributed by atoms with van der Waals surface area (Å²) in [7, 11) is 1.18. The summed E-state index contributed by atoms with van der Waals surface area (Å²) in [6.45, 7) is 6.81. The van der Waals surface area contributed by atoms with Crippen molar-refractivity contribution >= 4 is 19.7 Å². The number of allylic oxidation sites excluding steroid dienone is 7. The van der Waals surface area contributed by atoms with Gasteiger partial charge < -0.3 is 28.5 Å². The number of esters is 1. The average molecular weight is 1020 g/mol. The van der Waals surface area contributed by atoms with Crippen LogP contribution in [-0.4, -0.2) is 69.4 Å². The molecular formula is C61H115N2O7P. The van der Waals surface area contributed by atoms with Crippen molar-refractivity contribution in [2.75, 3.05) is 40.9 Å². The number of nitrogens with zero attached hydrogens (tertiary/aromatic N) is 1. The van der Waals surface area contributed by atoms with E-state index in [1.54, 1.807) is 0 Å². The Labute approximate surface area is 439 Å². The zero-order chi connectivity index (χ0) is 52.2. The summed E-state index contributed by atoms with van der Waals surface area (Å²) in [5.41, 5.74) is 0. The minimum absolute atomic E-state index is 0.0244. The minimum atomic E-state index is -4.70. The van der Waals surface area contributed by atoms with E-state index >= 15 is 0 Å². The van der Waals surface area contributed by atoms with Crippen LogP contribution in [0.2, 0.25) is 0 Å². The van der Waals surface area contributed by atoms with Crippen LogP contribution in [0, 0.1) is 0 Å². The lowest BCUT2D eigenvalue weighted by molar-refractivity contribution is -0.870. The maximum Gasteiger partial charge on any atom is 0.306 e. The Morgan fingerprint density at radius 2 is 0.859 bits per heavy atom. The van der Waals surface area contributed by atoms with Crippen molar-refractivity contribution in [3.63, 3.8) is 0 Å². The minimum Gasteiger partial charge on any atom is -0.756 e. The van der Waals surface area contributed by atoms with Crippen LogP contribution in [0.3, 0.4) is 0 Å². The molecule has 9 nitrogen and oxygen atoms in total. The Hall–Kier alpha value is -2.03. The fourth-order valence-corrected chi connectivity index (χ4v) is 9.27. The normalized spacial score (nSPS) is 14.1. The lowest BCUT2D eigenvalue weighted by Crippen LogP contribution is -2.47. The first kappa shape index (κ1) is 69.0. The number of hydrogen-bond donors (Lipinski definition) is 1. The van der Waals surface area contributed by atoms with Gasteiger partial charge in [0.2, 0.25) is 5.91 Å². The number of phosphoric ester groups is 1. The molecule has 0 aliphatic carbocycles. The van der Waals surface area contributed by atoms with Crippen molar-refractivity contribution in [1.29, 1.82) is 0 Å². The van der Waals surface area contributed by atoms with Crippen molar-refractivity contribution in [2.24, 2.45) is 0 Å². The number of quaternary nitrogens is 1. The molecule has 0 aromatic heterocycles. The van der Waals surface area contributed by atoms with Gasteiger partial charge in [0.15, 0.2) is 0 Å². The second-order valence-electron chi connectivity index (χ2n) is 21.5. The monoisotopic (exact) mass is 1020 g/mol. The van der Waals surface area contributed by atoms with E-state index in [0.29, 0.717) is 17.4 Å². The van der Waals surface area contributed by atoms with Gasteiger partial charge in [-0.25, -0.2) is 0 Å². The van der Waals surface area contributed by atoms with Gasteiger partial charge in [0.05, 0.1) is 33.8 Å². The summed E-state index contributed by atoms with van der Waals surface area (Å²) >= 11 is 0. The smallest absolute Gasteiger partial charge is 0.306 e. The van der Waals surface area contributed by atoms with Crippen molar-refractivity contribution in [3.8, 4) is 0 Å². The molecule has 0 radical (unpaired) electrons. The quantitative estimate of drug-likeness (QED) is 0.0212. The van der Waals surface area contributed by atoms with Gasteiger partial charge in [-0.2, -0.15) is 0 Å². The molecule has 10 heteroatoms. The molecule has 0 aliphatic rings. The Morgan fingerprint density at radius 1 is 0.493 bits per heavy atom. The number of likely N-dealkylation sites (N-methyl/N-ethyl adjacent to an activating group) is 1. The Kier molecular flexibility index (Phi) is 50.0. The van der Waals surface area contributed by atoms with Crippen molar-refractivity contribution in [3.05, 3.63) is 48.6 Å². The molecule has 416 valence electrons. The van der Waals surface area contributed by atoms with Crippen LogP contribution in [-0.2, 0) is 27.9 Å². The van der Waals surface area contributed by atoms with Gasteiger partial charge in [-0.15, -0.1) is 0 Å². The van der Waals surface area contributed by atoms with Crippen LogP contribution in [0.5, 0.6) is 0 Å². The van der Waals surface area contributed by atoms with Crippen LogP contribution >= 0.6 is 7.82 Å². The number of ether oxygens (including phenoxy) is 1. The lowest BCUT2D eigenvalue weighted by Gasteiger charge is -2.30. The highest BCUT2D eigenvalue weighted by Crippen LogP contribution is 2.38. The molecule has 0 heterocycles. The fourth-order valence-electron chi connectivity index (χ4n) is 8.55. The van der Waals surface area contributed by atoms with Gasteiger partial charge in [-0.3, -0.25) is 14.2 Å². The number of hydrogen-bond acceptors (Lipinski definition) is 7. The molecule has 0 aromatic rings. The molecule has 0 aliphatic heterocycles. The fraction of sp³-hybridized carbons (Fsp3) is 0.836. The first-order chi connectivity index (χ1) is 34.4. The zero-order valence-electron chi connectivity index (χ0n) is 47.4. The molecule has 3 unspecified atom stereocenters. The molecule has 0 saturated heterocycles. The molecular weight excluding hydrogens is 904 g/mol. The third-order valence-electron chi connectivity index (χ3n) is 13.2. The standard InChI is InChI=1S/C61H115N2O7P/c1-7-10-13-16-19-22-25-27-29-31-33-35-38-41-44-47-50-53-60(64)62-58(57-69-71(66,67)68-56-55-63(4,5)6)59(52-49-46-43-40-37-24-21-18-15-12-9-3)70-61(65)54-51-48-45-42-39-36-34-32-30-28-26-23-20-17-14-11-8-2/h20,23,27-30,49,52,58-59H,7-19,21-22,24-26,31-48,50-51,53-57H2,1-6H3,(H-,62,64,66,67)/b23-20-,29-27+,30-28-,52-49+. The molecule has 3 atom stereocenters. The van der Waals surface area contributed by atoms with E-state index in [1.807, 2.05) is 33.3 Å². The maximum atomic E-state index is 13.5. The Morgan fingerprint density at radius 3 is 1.31 bits per heavy atom. The van der Waals surface area contributed by atoms with Crippen molar-refractivity contribution < 1.29 is 37.3 Å². The van der Waals surface area contributed by atoms with E-state index in [0.717, 1.165) is 89.9 Å². The first-order valence-corrected chi connectivity index (χ1v) is 31.4. The molecule has 1 amide bonds. The van der Waals surface area contributed by atoms with Gasteiger partial charge in [0, 0.05) is 12.8 Å². The van der Waals surface area contributed by atoms with Crippen LogP contribution in [0.4, 0.5) is 0 Å². The summed E-state index contributed by atoms with van der Waals surface area (Å²) < 4.78 is 30.3. The molecule has 1 N–H and O–H groups in total. The molecule has 0 rings (SSSR count). The predicted octanol–water partition coefficient (Wildman–Crippen LogP) is 17.5. The number of rotatable bonds is 54. The van der Waals surface area contributed by atoms with E-state index in [2.05, 4.69) is 62.5 Å². The van der Waals surface area contributed by atoms with Crippen molar-refractivity contribution in [2.45, 2.75) is 290 Å². The van der Waals surface area contributed by atoms with Gasteiger partial charge in [-0.05, 0) is 89.5 Å². The Balaban J connectivity index is 5.28. The van der Waals surface area contributed by atoms with E-state index in [1.165, 1.54) is 154 Å².